The first-order chi connectivity index (χ1) is 18.1. The summed E-state index contributed by atoms with van der Waals surface area (Å²) in [5.74, 6) is -1.05. The lowest BCUT2D eigenvalue weighted by Gasteiger charge is -2.15. The molecule has 0 aliphatic heterocycles. The molecule has 6 heteroatoms. The van der Waals surface area contributed by atoms with Gasteiger partial charge in [-0.3, -0.25) is 4.79 Å². The molecule has 0 saturated carbocycles. The van der Waals surface area contributed by atoms with Gasteiger partial charge in [-0.25, -0.2) is 4.79 Å². The van der Waals surface area contributed by atoms with E-state index in [0.29, 0.717) is 18.0 Å². The molecule has 2 rings (SSSR count). The Kier molecular flexibility index (Phi) is 15.6. The highest BCUT2D eigenvalue weighted by Gasteiger charge is 2.28. The normalized spacial score (nSPS) is 11.6. The number of anilines is 1. The van der Waals surface area contributed by atoms with Crippen LogP contribution in [0, 0.1) is 0 Å². The Balaban J connectivity index is 1.53. The molecule has 0 bridgehead atoms. The van der Waals surface area contributed by atoms with Crippen molar-refractivity contribution in [2.75, 3.05) is 11.9 Å². The third-order valence-electron chi connectivity index (χ3n) is 6.35. The summed E-state index contributed by atoms with van der Waals surface area (Å²) in [4.78, 5) is 23.9. The number of ether oxygens (including phenoxy) is 2. The summed E-state index contributed by atoms with van der Waals surface area (Å²) in [5, 5.41) is 12.0. The van der Waals surface area contributed by atoms with Gasteiger partial charge in [-0.2, -0.15) is 0 Å². The second-order valence-electron chi connectivity index (χ2n) is 9.61. The van der Waals surface area contributed by atoms with Crippen molar-refractivity contribution in [2.24, 2.45) is 0 Å². The van der Waals surface area contributed by atoms with Gasteiger partial charge in [0.25, 0.3) is 12.0 Å². The van der Waals surface area contributed by atoms with E-state index in [2.05, 4.69) is 12.2 Å². The minimum Gasteiger partial charge on any atom is -0.494 e. The summed E-state index contributed by atoms with van der Waals surface area (Å²) in [7, 11) is 0. The Morgan fingerprint density at radius 3 is 1.73 bits per heavy atom. The van der Waals surface area contributed by atoms with E-state index in [-0.39, 0.29) is 0 Å². The number of hydrogen-bond acceptors (Lipinski definition) is 4. The molecule has 2 aromatic carbocycles. The van der Waals surface area contributed by atoms with Crippen LogP contribution >= 0.6 is 0 Å². The molecular weight excluding hydrogens is 466 g/mol. The number of aliphatic carboxylic acids is 1. The first-order valence-corrected chi connectivity index (χ1v) is 14.1. The number of carbonyl (C=O) groups excluding carboxylic acids is 1. The molecule has 37 heavy (non-hydrogen) atoms. The molecule has 0 saturated heterocycles. The fraction of sp³-hybridized carbons (Fsp3) is 0.548. The zero-order chi connectivity index (χ0) is 26.6. The largest absolute Gasteiger partial charge is 0.494 e. The van der Waals surface area contributed by atoms with E-state index >= 15 is 0 Å². The average Bonchev–Trinajstić information content (AvgIpc) is 2.90. The summed E-state index contributed by atoms with van der Waals surface area (Å²) >= 11 is 0. The van der Waals surface area contributed by atoms with E-state index in [1.54, 1.807) is 54.6 Å². The maximum Gasteiger partial charge on any atom is 0.354 e. The van der Waals surface area contributed by atoms with Gasteiger partial charge in [0.15, 0.2) is 0 Å². The standard InChI is InChI=1S/C31H45NO5/c1-2-3-4-5-6-7-8-9-10-11-12-13-14-18-25-36-27-23-21-26(22-24-27)32-30(33)29(31(34)35)37-28-19-16-15-17-20-28/h15-17,19-24,29H,2-14,18,25H2,1H3,(H,32,33)(H,34,35). The maximum absolute atomic E-state index is 12.4. The van der Waals surface area contributed by atoms with Crippen LogP contribution in [0.2, 0.25) is 0 Å². The molecule has 0 heterocycles. The lowest BCUT2D eigenvalue weighted by atomic mass is 10.0. The number of hydrogen-bond donors (Lipinski definition) is 2. The van der Waals surface area contributed by atoms with Crippen molar-refractivity contribution < 1.29 is 24.2 Å². The van der Waals surface area contributed by atoms with Crippen LogP contribution in [0.4, 0.5) is 5.69 Å². The Morgan fingerprint density at radius 2 is 1.22 bits per heavy atom. The molecule has 1 amide bonds. The third-order valence-corrected chi connectivity index (χ3v) is 6.35. The van der Waals surface area contributed by atoms with Crippen molar-refractivity contribution in [3.05, 3.63) is 54.6 Å². The Bertz CT molecular complexity index is 869. The topological polar surface area (TPSA) is 84.9 Å². The maximum atomic E-state index is 12.4. The first kappa shape index (κ1) is 30.2. The number of amides is 1. The minimum absolute atomic E-state index is 0.317. The first-order valence-electron chi connectivity index (χ1n) is 14.1. The van der Waals surface area contributed by atoms with Crippen LogP contribution in [0.25, 0.3) is 0 Å². The van der Waals surface area contributed by atoms with Gasteiger partial charge >= 0.3 is 5.97 Å². The van der Waals surface area contributed by atoms with E-state index in [1.165, 1.54) is 83.5 Å². The smallest absolute Gasteiger partial charge is 0.354 e. The van der Waals surface area contributed by atoms with Gasteiger partial charge in [-0.15, -0.1) is 0 Å². The van der Waals surface area contributed by atoms with Gasteiger partial charge in [0, 0.05) is 5.69 Å². The molecule has 2 aromatic rings. The van der Waals surface area contributed by atoms with Gasteiger partial charge in [-0.1, -0.05) is 109 Å². The number of unbranched alkanes of at least 4 members (excludes halogenated alkanes) is 13. The Labute approximate surface area is 222 Å². The molecule has 0 radical (unpaired) electrons. The van der Waals surface area contributed by atoms with Crippen LogP contribution in [0.1, 0.15) is 96.8 Å². The lowest BCUT2D eigenvalue weighted by Crippen LogP contribution is -2.39. The SMILES string of the molecule is CCCCCCCCCCCCCCCCOc1ccc(NC(=O)C(Oc2ccccc2)C(=O)O)cc1. The second kappa shape index (κ2) is 19.1. The highest BCUT2D eigenvalue weighted by molar-refractivity contribution is 6.07. The quantitative estimate of drug-likeness (QED) is 0.131. The zero-order valence-corrected chi connectivity index (χ0v) is 22.5. The van der Waals surface area contributed by atoms with Crippen LogP contribution in [0.15, 0.2) is 54.6 Å². The Hall–Kier alpha value is -3.02. The molecule has 0 aliphatic carbocycles. The van der Waals surface area contributed by atoms with Crippen LogP contribution in [0.3, 0.4) is 0 Å². The summed E-state index contributed by atoms with van der Waals surface area (Å²) < 4.78 is 11.1. The number of carbonyl (C=O) groups is 2. The van der Waals surface area contributed by atoms with Gasteiger partial charge in [0.1, 0.15) is 11.5 Å². The minimum atomic E-state index is -1.64. The van der Waals surface area contributed by atoms with Gasteiger partial charge < -0.3 is 19.9 Å². The van der Waals surface area contributed by atoms with E-state index in [1.807, 2.05) is 0 Å². The predicted octanol–water partition coefficient (Wildman–Crippen LogP) is 8.02. The fourth-order valence-electron chi connectivity index (χ4n) is 4.18. The average molecular weight is 512 g/mol. The van der Waals surface area contributed by atoms with Crippen molar-refractivity contribution in [3.63, 3.8) is 0 Å². The number of carboxylic acid groups (broad SMARTS) is 1. The van der Waals surface area contributed by atoms with Crippen molar-refractivity contribution in [3.8, 4) is 11.5 Å². The third kappa shape index (κ3) is 13.7. The Morgan fingerprint density at radius 1 is 0.703 bits per heavy atom. The van der Waals surface area contributed by atoms with Crippen molar-refractivity contribution in [1.82, 2.24) is 0 Å². The second-order valence-corrected chi connectivity index (χ2v) is 9.61. The number of carboxylic acids is 1. The monoisotopic (exact) mass is 511 g/mol. The molecule has 2 N–H and O–H groups in total. The van der Waals surface area contributed by atoms with E-state index in [9.17, 15) is 14.7 Å². The molecular formula is C31H45NO5. The fourth-order valence-corrected chi connectivity index (χ4v) is 4.18. The predicted molar refractivity (Wildman–Crippen MR) is 149 cm³/mol. The highest BCUT2D eigenvalue weighted by atomic mass is 16.5. The van der Waals surface area contributed by atoms with Crippen LogP contribution in [-0.4, -0.2) is 29.7 Å². The van der Waals surface area contributed by atoms with Crippen molar-refractivity contribution >= 4 is 17.6 Å². The molecule has 1 unspecified atom stereocenters. The molecule has 0 fully saturated rings. The highest BCUT2D eigenvalue weighted by Crippen LogP contribution is 2.18. The molecule has 1 atom stereocenters. The summed E-state index contributed by atoms with van der Waals surface area (Å²) in [6.07, 6.45) is 16.9. The number of para-hydroxylation sites is 1. The molecule has 0 aromatic heterocycles. The summed E-state index contributed by atoms with van der Waals surface area (Å²) in [5.41, 5.74) is 0.483. The van der Waals surface area contributed by atoms with Crippen molar-refractivity contribution in [1.29, 1.82) is 0 Å². The van der Waals surface area contributed by atoms with Gasteiger partial charge in [0.2, 0.25) is 0 Å². The van der Waals surface area contributed by atoms with Crippen LogP contribution in [-0.2, 0) is 9.59 Å². The van der Waals surface area contributed by atoms with Crippen LogP contribution in [0.5, 0.6) is 11.5 Å². The van der Waals surface area contributed by atoms with Crippen LogP contribution < -0.4 is 14.8 Å². The molecule has 0 spiro atoms. The van der Waals surface area contributed by atoms with Crippen molar-refractivity contribution in [2.45, 2.75) is 103 Å². The number of rotatable bonds is 21. The summed E-state index contributed by atoms with van der Waals surface area (Å²) in [6.45, 7) is 2.93. The molecule has 6 nitrogen and oxygen atoms in total. The zero-order valence-electron chi connectivity index (χ0n) is 22.5. The number of nitrogens with one attached hydrogen (secondary N) is 1. The lowest BCUT2D eigenvalue weighted by molar-refractivity contribution is -0.149. The molecule has 0 aliphatic rings. The molecule has 204 valence electrons. The number of benzene rings is 2. The van der Waals surface area contributed by atoms with E-state index in [4.69, 9.17) is 9.47 Å². The van der Waals surface area contributed by atoms with E-state index < -0.39 is 18.0 Å². The van der Waals surface area contributed by atoms with Gasteiger partial charge in [-0.05, 0) is 42.8 Å². The summed E-state index contributed by atoms with van der Waals surface area (Å²) in [6, 6.07) is 15.3. The van der Waals surface area contributed by atoms with Gasteiger partial charge in [0.05, 0.1) is 6.61 Å². The van der Waals surface area contributed by atoms with E-state index in [0.717, 1.165) is 12.2 Å².